The lowest BCUT2D eigenvalue weighted by molar-refractivity contribution is 0.233. The number of nitrogens with one attached hydrogen (secondary N) is 1. The smallest absolute Gasteiger partial charge is 0.123 e. The molecule has 1 N–H and O–H groups in total. The third-order valence-electron chi connectivity index (χ3n) is 4.32. The van der Waals surface area contributed by atoms with Crippen LogP contribution in [0.1, 0.15) is 50.3 Å². The van der Waals surface area contributed by atoms with Crippen molar-refractivity contribution in [1.82, 2.24) is 5.32 Å². The first kappa shape index (κ1) is 12.0. The average molecular weight is 245 g/mol. The van der Waals surface area contributed by atoms with Crippen LogP contribution in [0.2, 0.25) is 0 Å². The SMILES string of the molecule is CCNC(c1ccc2c(c1)CC(C)O2)C1CCC1. The highest BCUT2D eigenvalue weighted by molar-refractivity contribution is 5.41. The zero-order valence-corrected chi connectivity index (χ0v) is 11.4. The molecule has 3 rings (SSSR count). The minimum Gasteiger partial charge on any atom is -0.490 e. The monoisotopic (exact) mass is 245 g/mol. The summed E-state index contributed by atoms with van der Waals surface area (Å²) < 4.78 is 5.78. The van der Waals surface area contributed by atoms with Gasteiger partial charge in [0.25, 0.3) is 0 Å². The van der Waals surface area contributed by atoms with E-state index in [-0.39, 0.29) is 0 Å². The van der Waals surface area contributed by atoms with Crippen molar-refractivity contribution in [2.24, 2.45) is 5.92 Å². The number of hydrogen-bond donors (Lipinski definition) is 1. The average Bonchev–Trinajstić information content (AvgIpc) is 2.65. The molecule has 0 spiro atoms. The second-order valence-electron chi connectivity index (χ2n) is 5.73. The Labute approximate surface area is 110 Å². The largest absolute Gasteiger partial charge is 0.490 e. The van der Waals surface area contributed by atoms with Crippen molar-refractivity contribution >= 4 is 0 Å². The predicted octanol–water partition coefficient (Wildman–Crippen LogP) is 3.46. The van der Waals surface area contributed by atoms with Gasteiger partial charge >= 0.3 is 0 Å². The summed E-state index contributed by atoms with van der Waals surface area (Å²) in [6.45, 7) is 5.39. The van der Waals surface area contributed by atoms with Crippen molar-refractivity contribution in [2.45, 2.75) is 51.7 Å². The van der Waals surface area contributed by atoms with Gasteiger partial charge in [0.15, 0.2) is 0 Å². The summed E-state index contributed by atoms with van der Waals surface area (Å²) in [7, 11) is 0. The molecule has 2 atom stereocenters. The van der Waals surface area contributed by atoms with Crippen LogP contribution in [-0.4, -0.2) is 12.6 Å². The highest BCUT2D eigenvalue weighted by Crippen LogP contribution is 2.39. The highest BCUT2D eigenvalue weighted by atomic mass is 16.5. The van der Waals surface area contributed by atoms with Gasteiger partial charge in [-0.15, -0.1) is 0 Å². The first-order valence-corrected chi connectivity index (χ1v) is 7.30. The van der Waals surface area contributed by atoms with Crippen LogP contribution in [0.5, 0.6) is 5.75 Å². The zero-order chi connectivity index (χ0) is 12.5. The summed E-state index contributed by atoms with van der Waals surface area (Å²) in [5.74, 6) is 1.93. The molecule has 0 bridgehead atoms. The van der Waals surface area contributed by atoms with Gasteiger partial charge in [0, 0.05) is 12.5 Å². The fraction of sp³-hybridized carbons (Fsp3) is 0.625. The first-order valence-electron chi connectivity index (χ1n) is 7.30. The molecule has 2 nitrogen and oxygen atoms in total. The van der Waals surface area contributed by atoms with Gasteiger partial charge in [-0.1, -0.05) is 25.5 Å². The Morgan fingerprint density at radius 1 is 1.39 bits per heavy atom. The second kappa shape index (κ2) is 4.93. The number of ether oxygens (including phenoxy) is 1. The van der Waals surface area contributed by atoms with Crippen molar-refractivity contribution in [3.8, 4) is 5.75 Å². The van der Waals surface area contributed by atoms with Crippen LogP contribution in [-0.2, 0) is 6.42 Å². The molecule has 2 aliphatic rings. The molecular formula is C16H23NO. The van der Waals surface area contributed by atoms with E-state index in [0.717, 1.165) is 24.6 Å². The Hall–Kier alpha value is -1.02. The lowest BCUT2D eigenvalue weighted by Crippen LogP contribution is -2.32. The molecule has 98 valence electrons. The number of fused-ring (bicyclic) bond motifs is 1. The molecule has 0 radical (unpaired) electrons. The third-order valence-corrected chi connectivity index (χ3v) is 4.32. The first-order chi connectivity index (χ1) is 8.78. The van der Waals surface area contributed by atoms with E-state index < -0.39 is 0 Å². The maximum atomic E-state index is 5.78. The lowest BCUT2D eigenvalue weighted by Gasteiger charge is -2.34. The van der Waals surface area contributed by atoms with E-state index in [9.17, 15) is 0 Å². The van der Waals surface area contributed by atoms with E-state index in [1.54, 1.807) is 0 Å². The molecule has 1 saturated carbocycles. The van der Waals surface area contributed by atoms with Crippen molar-refractivity contribution in [1.29, 1.82) is 0 Å². The van der Waals surface area contributed by atoms with Gasteiger partial charge in [-0.2, -0.15) is 0 Å². The van der Waals surface area contributed by atoms with Crippen molar-refractivity contribution < 1.29 is 4.74 Å². The highest BCUT2D eigenvalue weighted by Gasteiger charge is 2.29. The molecule has 0 saturated heterocycles. The summed E-state index contributed by atoms with van der Waals surface area (Å²) in [5, 5.41) is 3.66. The van der Waals surface area contributed by atoms with Crippen LogP contribution >= 0.6 is 0 Å². The molecule has 2 unspecified atom stereocenters. The molecule has 1 fully saturated rings. The van der Waals surface area contributed by atoms with Crippen molar-refractivity contribution in [3.05, 3.63) is 29.3 Å². The van der Waals surface area contributed by atoms with Gasteiger partial charge in [-0.3, -0.25) is 0 Å². The van der Waals surface area contributed by atoms with Gasteiger partial charge in [0.05, 0.1) is 0 Å². The molecule has 1 aliphatic carbocycles. The minimum atomic E-state index is 0.344. The molecule has 2 heteroatoms. The van der Waals surface area contributed by atoms with Gasteiger partial charge in [0.2, 0.25) is 0 Å². The van der Waals surface area contributed by atoms with Crippen molar-refractivity contribution in [2.75, 3.05) is 6.54 Å². The normalized spacial score (nSPS) is 24.2. The molecule has 1 aromatic rings. The van der Waals surface area contributed by atoms with Crippen LogP contribution in [0, 0.1) is 5.92 Å². The van der Waals surface area contributed by atoms with Crippen LogP contribution in [0.25, 0.3) is 0 Å². The molecule has 1 aliphatic heterocycles. The molecule has 0 amide bonds. The molecular weight excluding hydrogens is 222 g/mol. The van der Waals surface area contributed by atoms with E-state index in [0.29, 0.717) is 12.1 Å². The fourth-order valence-electron chi connectivity index (χ4n) is 3.19. The van der Waals surface area contributed by atoms with E-state index in [2.05, 4.69) is 37.4 Å². The van der Waals surface area contributed by atoms with Crippen LogP contribution in [0.15, 0.2) is 18.2 Å². The Balaban J connectivity index is 1.83. The van der Waals surface area contributed by atoms with Gasteiger partial charge in [-0.25, -0.2) is 0 Å². The second-order valence-corrected chi connectivity index (χ2v) is 5.73. The van der Waals surface area contributed by atoms with Crippen LogP contribution in [0.3, 0.4) is 0 Å². The molecule has 0 aromatic heterocycles. The minimum absolute atomic E-state index is 0.344. The van der Waals surface area contributed by atoms with Crippen LogP contribution in [0.4, 0.5) is 0 Å². The zero-order valence-electron chi connectivity index (χ0n) is 11.4. The Morgan fingerprint density at radius 3 is 2.89 bits per heavy atom. The Kier molecular flexibility index (Phi) is 3.29. The summed E-state index contributed by atoms with van der Waals surface area (Å²) >= 11 is 0. The third kappa shape index (κ3) is 2.14. The van der Waals surface area contributed by atoms with Gasteiger partial charge in [0.1, 0.15) is 11.9 Å². The lowest BCUT2D eigenvalue weighted by atomic mass is 9.77. The van der Waals surface area contributed by atoms with E-state index in [4.69, 9.17) is 4.74 Å². The molecule has 1 heterocycles. The quantitative estimate of drug-likeness (QED) is 0.877. The van der Waals surface area contributed by atoms with Gasteiger partial charge in [-0.05, 0) is 49.4 Å². The van der Waals surface area contributed by atoms with E-state index in [1.165, 1.54) is 30.4 Å². The Bertz CT molecular complexity index is 425. The van der Waals surface area contributed by atoms with E-state index >= 15 is 0 Å². The number of hydrogen-bond acceptors (Lipinski definition) is 2. The maximum absolute atomic E-state index is 5.78. The summed E-state index contributed by atoms with van der Waals surface area (Å²) in [5.41, 5.74) is 2.85. The van der Waals surface area contributed by atoms with E-state index in [1.807, 2.05) is 0 Å². The maximum Gasteiger partial charge on any atom is 0.123 e. The van der Waals surface area contributed by atoms with Crippen molar-refractivity contribution in [3.63, 3.8) is 0 Å². The van der Waals surface area contributed by atoms with Crippen LogP contribution < -0.4 is 10.1 Å². The fourth-order valence-corrected chi connectivity index (χ4v) is 3.19. The topological polar surface area (TPSA) is 21.3 Å². The Morgan fingerprint density at radius 2 is 2.22 bits per heavy atom. The van der Waals surface area contributed by atoms with Gasteiger partial charge < -0.3 is 10.1 Å². The molecule has 1 aromatic carbocycles. The summed E-state index contributed by atoms with van der Waals surface area (Å²) in [6, 6.07) is 7.33. The molecule has 18 heavy (non-hydrogen) atoms. The summed E-state index contributed by atoms with van der Waals surface area (Å²) in [4.78, 5) is 0. The summed E-state index contributed by atoms with van der Waals surface area (Å²) in [6.07, 6.45) is 5.56. The standard InChI is InChI=1S/C16H23NO/c1-3-17-16(12-5-4-6-12)13-7-8-15-14(10-13)9-11(2)18-15/h7-8,10-12,16-17H,3-6,9H2,1-2H3. The predicted molar refractivity (Wildman–Crippen MR) is 74.0 cm³/mol. The number of benzene rings is 1. The number of rotatable bonds is 4.